The summed E-state index contributed by atoms with van der Waals surface area (Å²) < 4.78 is 0. The van der Waals surface area contributed by atoms with Gasteiger partial charge in [0.15, 0.2) is 5.13 Å². The maximum atomic E-state index is 11.8. The van der Waals surface area contributed by atoms with Crippen molar-refractivity contribution in [1.29, 1.82) is 0 Å². The van der Waals surface area contributed by atoms with E-state index in [1.165, 1.54) is 37.5 Å². The summed E-state index contributed by atoms with van der Waals surface area (Å²) in [5.41, 5.74) is 1.71. The normalized spacial score (nSPS) is 27.6. The van der Waals surface area contributed by atoms with Gasteiger partial charge >= 0.3 is 5.97 Å². The van der Waals surface area contributed by atoms with Crippen molar-refractivity contribution in [3.05, 3.63) is 16.6 Å². The number of hydrogen-bond acceptors (Lipinski definition) is 4. The Bertz CT molecular complexity index is 650. The van der Waals surface area contributed by atoms with Crippen LogP contribution in [0.15, 0.2) is 11.0 Å². The molecule has 3 rings (SSSR count). The molecule has 1 amide bonds. The van der Waals surface area contributed by atoms with Gasteiger partial charge in [-0.15, -0.1) is 11.3 Å². The van der Waals surface area contributed by atoms with E-state index in [0.29, 0.717) is 28.2 Å². The molecule has 22 heavy (non-hydrogen) atoms. The third-order valence-electron chi connectivity index (χ3n) is 4.95. The second kappa shape index (κ2) is 5.83. The van der Waals surface area contributed by atoms with Crippen molar-refractivity contribution in [3.63, 3.8) is 0 Å². The fourth-order valence-corrected chi connectivity index (χ4v) is 4.78. The molecule has 3 unspecified atom stereocenters. The molecule has 2 N–H and O–H groups in total. The largest absolute Gasteiger partial charge is 0.478 e. The highest BCUT2D eigenvalue weighted by Gasteiger charge is 2.41. The molecule has 2 aliphatic rings. The molecule has 2 aliphatic carbocycles. The molecule has 3 atom stereocenters. The Balaban J connectivity index is 1.92. The van der Waals surface area contributed by atoms with Crippen molar-refractivity contribution in [3.8, 4) is 0 Å². The molecule has 0 radical (unpaired) electrons. The lowest BCUT2D eigenvalue weighted by molar-refractivity contribution is -0.130. The van der Waals surface area contributed by atoms with Crippen LogP contribution < -0.4 is 5.32 Å². The van der Waals surface area contributed by atoms with Crippen molar-refractivity contribution in [1.82, 2.24) is 4.98 Å². The summed E-state index contributed by atoms with van der Waals surface area (Å²) in [6.07, 6.45) is 4.85. The highest BCUT2D eigenvalue weighted by atomic mass is 32.1. The number of amides is 1. The van der Waals surface area contributed by atoms with E-state index in [2.05, 4.69) is 10.3 Å². The summed E-state index contributed by atoms with van der Waals surface area (Å²) in [5, 5.41) is 14.4. The van der Waals surface area contributed by atoms with E-state index in [-0.39, 0.29) is 5.91 Å². The fourth-order valence-electron chi connectivity index (χ4n) is 4.04. The lowest BCUT2D eigenvalue weighted by atomic mass is 9.81. The average Bonchev–Trinajstić information content (AvgIpc) is 3.14. The van der Waals surface area contributed by atoms with Gasteiger partial charge in [-0.1, -0.05) is 12.0 Å². The van der Waals surface area contributed by atoms with Crippen LogP contribution >= 0.6 is 11.3 Å². The van der Waals surface area contributed by atoms with Gasteiger partial charge in [0.2, 0.25) is 5.91 Å². The molecule has 5 nitrogen and oxygen atoms in total. The van der Waals surface area contributed by atoms with Crippen LogP contribution in [0, 0.1) is 17.8 Å². The van der Waals surface area contributed by atoms with Crippen LogP contribution in [0.1, 0.15) is 45.2 Å². The molecule has 0 spiro atoms. The molecule has 1 aromatic rings. The van der Waals surface area contributed by atoms with E-state index in [0.717, 1.165) is 17.9 Å². The molecule has 0 saturated heterocycles. The molecule has 118 valence electrons. The number of fused-ring (bicyclic) bond motifs is 2. The summed E-state index contributed by atoms with van der Waals surface area (Å²) in [5.74, 6) is 0.639. The first-order valence-electron chi connectivity index (χ1n) is 7.63. The van der Waals surface area contributed by atoms with Crippen molar-refractivity contribution in [2.75, 3.05) is 5.32 Å². The second-order valence-corrected chi connectivity index (χ2v) is 7.22. The Morgan fingerprint density at radius 1 is 1.32 bits per heavy atom. The van der Waals surface area contributed by atoms with E-state index in [1.54, 1.807) is 5.38 Å². The van der Waals surface area contributed by atoms with Crippen LogP contribution in [-0.4, -0.2) is 22.0 Å². The smallest absolute Gasteiger partial charge is 0.337 e. The summed E-state index contributed by atoms with van der Waals surface area (Å²) >= 11 is 1.26. The number of carbonyl (C=O) groups excluding carboxylic acids is 1. The zero-order chi connectivity index (χ0) is 15.9. The maximum absolute atomic E-state index is 11.8. The fraction of sp³-hybridized carbons (Fsp3) is 0.562. The van der Waals surface area contributed by atoms with Gasteiger partial charge in [-0.3, -0.25) is 4.79 Å². The Labute approximate surface area is 133 Å². The van der Waals surface area contributed by atoms with E-state index < -0.39 is 5.97 Å². The van der Waals surface area contributed by atoms with Crippen molar-refractivity contribution >= 4 is 33.9 Å². The first-order chi connectivity index (χ1) is 10.5. The third-order valence-corrected chi connectivity index (χ3v) is 5.70. The number of anilines is 1. The van der Waals surface area contributed by atoms with Gasteiger partial charge in [0.05, 0.1) is 11.3 Å². The minimum atomic E-state index is -0.931. The van der Waals surface area contributed by atoms with Crippen molar-refractivity contribution in [2.24, 2.45) is 17.8 Å². The van der Waals surface area contributed by atoms with Crippen LogP contribution in [0.3, 0.4) is 0 Å². The Morgan fingerprint density at radius 2 is 2.09 bits per heavy atom. The summed E-state index contributed by atoms with van der Waals surface area (Å²) in [6, 6.07) is 0. The van der Waals surface area contributed by atoms with Gasteiger partial charge in [0.1, 0.15) is 0 Å². The SMILES string of the molecule is CC(=O)Nc1nc(/C(C(=O)O)=C(/C)C2CC3CCC2C3)cs1. The molecule has 1 heterocycles. The molecule has 2 fully saturated rings. The van der Waals surface area contributed by atoms with E-state index in [1.807, 2.05) is 6.92 Å². The van der Waals surface area contributed by atoms with Crippen LogP contribution in [0.25, 0.3) is 5.57 Å². The van der Waals surface area contributed by atoms with Crippen molar-refractivity contribution in [2.45, 2.75) is 39.5 Å². The number of aromatic nitrogens is 1. The highest BCUT2D eigenvalue weighted by molar-refractivity contribution is 7.14. The number of aliphatic carboxylic acids is 1. The highest BCUT2D eigenvalue weighted by Crippen LogP contribution is 2.52. The summed E-state index contributed by atoms with van der Waals surface area (Å²) in [6.45, 7) is 3.35. The van der Waals surface area contributed by atoms with Crippen LogP contribution in [0.2, 0.25) is 0 Å². The van der Waals surface area contributed by atoms with E-state index >= 15 is 0 Å². The first-order valence-corrected chi connectivity index (χ1v) is 8.51. The van der Waals surface area contributed by atoms with Crippen LogP contribution in [-0.2, 0) is 9.59 Å². The predicted molar refractivity (Wildman–Crippen MR) is 85.6 cm³/mol. The Morgan fingerprint density at radius 3 is 2.64 bits per heavy atom. The number of carboxylic acid groups (broad SMARTS) is 1. The molecule has 2 bridgehead atoms. The standard InChI is InChI=1S/C16H20N2O3S/c1-8(12-6-10-3-4-11(12)5-10)14(15(20)21)13-7-22-16(18-13)17-9(2)19/h7,10-12H,3-6H2,1-2H3,(H,20,21)(H,17,18,19)/b14-8+. The minimum Gasteiger partial charge on any atom is -0.478 e. The number of nitrogens with one attached hydrogen (secondary N) is 1. The Hall–Kier alpha value is -1.69. The van der Waals surface area contributed by atoms with Crippen molar-refractivity contribution < 1.29 is 14.7 Å². The average molecular weight is 320 g/mol. The molecule has 1 aromatic heterocycles. The van der Waals surface area contributed by atoms with E-state index in [4.69, 9.17) is 0 Å². The van der Waals surface area contributed by atoms with Gasteiger partial charge in [-0.25, -0.2) is 9.78 Å². The second-order valence-electron chi connectivity index (χ2n) is 6.36. The third kappa shape index (κ3) is 2.79. The van der Waals surface area contributed by atoms with Gasteiger partial charge in [0, 0.05) is 12.3 Å². The number of carboxylic acids is 1. The minimum absolute atomic E-state index is 0.202. The maximum Gasteiger partial charge on any atom is 0.337 e. The molecule has 6 heteroatoms. The number of nitrogens with zero attached hydrogens (tertiary/aromatic N) is 1. The van der Waals surface area contributed by atoms with Crippen LogP contribution in [0.4, 0.5) is 5.13 Å². The number of carbonyl (C=O) groups is 2. The molecular weight excluding hydrogens is 300 g/mol. The number of hydrogen-bond donors (Lipinski definition) is 2. The Kier molecular flexibility index (Phi) is 4.04. The predicted octanol–water partition coefficient (Wildman–Crippen LogP) is 3.40. The van der Waals surface area contributed by atoms with Gasteiger partial charge in [0.25, 0.3) is 0 Å². The molecule has 2 saturated carbocycles. The molecule has 0 aliphatic heterocycles. The topological polar surface area (TPSA) is 79.3 Å². The molecular formula is C16H20N2O3S. The van der Waals surface area contributed by atoms with Gasteiger partial charge < -0.3 is 10.4 Å². The number of allylic oxidation sites excluding steroid dienone is 1. The first kappa shape index (κ1) is 15.2. The van der Waals surface area contributed by atoms with Crippen LogP contribution in [0.5, 0.6) is 0 Å². The monoisotopic (exact) mass is 320 g/mol. The molecule has 0 aromatic carbocycles. The lowest BCUT2D eigenvalue weighted by Gasteiger charge is -2.23. The van der Waals surface area contributed by atoms with Gasteiger partial charge in [-0.05, 0) is 43.9 Å². The zero-order valence-electron chi connectivity index (χ0n) is 12.8. The lowest BCUT2D eigenvalue weighted by Crippen LogP contribution is -2.15. The number of rotatable bonds is 4. The summed E-state index contributed by atoms with van der Waals surface area (Å²) in [7, 11) is 0. The van der Waals surface area contributed by atoms with E-state index in [9.17, 15) is 14.7 Å². The summed E-state index contributed by atoms with van der Waals surface area (Å²) in [4.78, 5) is 27.1. The van der Waals surface area contributed by atoms with Gasteiger partial charge in [-0.2, -0.15) is 0 Å². The number of thiazole rings is 1. The quantitative estimate of drug-likeness (QED) is 0.833. The zero-order valence-corrected chi connectivity index (χ0v) is 13.6.